The van der Waals surface area contributed by atoms with Crippen LogP contribution >= 0.6 is 11.3 Å². The van der Waals surface area contributed by atoms with E-state index in [-0.39, 0.29) is 12.4 Å². The SMILES string of the molecule is CC(=O)C1=C(C)NC(C)=C(C(=O)OCc2ccc(-c3ccncc3)nc2)C1c1csc2ncccc12. The van der Waals surface area contributed by atoms with Gasteiger partial charge in [-0.2, -0.15) is 0 Å². The van der Waals surface area contributed by atoms with Crippen LogP contribution in [-0.2, 0) is 20.9 Å². The van der Waals surface area contributed by atoms with Crippen molar-refractivity contribution in [3.63, 3.8) is 0 Å². The van der Waals surface area contributed by atoms with E-state index in [1.807, 2.05) is 55.6 Å². The Morgan fingerprint density at radius 3 is 2.50 bits per heavy atom. The minimum atomic E-state index is -0.540. The molecular weight excluding hydrogens is 472 g/mol. The third-order valence-electron chi connectivity index (χ3n) is 6.22. The third-order valence-corrected chi connectivity index (χ3v) is 7.14. The van der Waals surface area contributed by atoms with E-state index in [9.17, 15) is 9.59 Å². The number of pyridine rings is 3. The van der Waals surface area contributed by atoms with E-state index < -0.39 is 11.9 Å². The van der Waals surface area contributed by atoms with Gasteiger partial charge in [0.15, 0.2) is 5.78 Å². The molecule has 0 fully saturated rings. The zero-order valence-electron chi connectivity index (χ0n) is 20.1. The van der Waals surface area contributed by atoms with Crippen LogP contribution in [0.15, 0.2) is 89.1 Å². The summed E-state index contributed by atoms with van der Waals surface area (Å²) in [6.45, 7) is 5.29. The molecule has 8 heteroatoms. The molecule has 1 atom stereocenters. The van der Waals surface area contributed by atoms with E-state index in [0.717, 1.165) is 38.3 Å². The molecule has 7 nitrogen and oxygen atoms in total. The molecule has 0 bridgehead atoms. The lowest BCUT2D eigenvalue weighted by Crippen LogP contribution is -2.31. The van der Waals surface area contributed by atoms with Gasteiger partial charge in [0.05, 0.1) is 11.3 Å². The fourth-order valence-electron chi connectivity index (χ4n) is 4.58. The van der Waals surface area contributed by atoms with Gasteiger partial charge in [-0.3, -0.25) is 14.8 Å². The molecule has 36 heavy (non-hydrogen) atoms. The van der Waals surface area contributed by atoms with Gasteiger partial charge < -0.3 is 10.1 Å². The van der Waals surface area contributed by atoms with E-state index in [1.54, 1.807) is 24.8 Å². The average Bonchev–Trinajstić information content (AvgIpc) is 3.31. The summed E-state index contributed by atoms with van der Waals surface area (Å²) in [5, 5.41) is 6.12. The van der Waals surface area contributed by atoms with Crippen molar-refractivity contribution in [2.45, 2.75) is 33.3 Å². The van der Waals surface area contributed by atoms with Gasteiger partial charge in [0, 0.05) is 64.2 Å². The van der Waals surface area contributed by atoms with Crippen molar-refractivity contribution in [1.82, 2.24) is 20.3 Å². The summed E-state index contributed by atoms with van der Waals surface area (Å²) in [5.74, 6) is -1.11. The van der Waals surface area contributed by atoms with Gasteiger partial charge in [-0.05, 0) is 56.0 Å². The van der Waals surface area contributed by atoms with Crippen molar-refractivity contribution >= 4 is 33.3 Å². The maximum atomic E-state index is 13.5. The highest BCUT2D eigenvalue weighted by Gasteiger charge is 2.37. The van der Waals surface area contributed by atoms with E-state index in [4.69, 9.17) is 4.74 Å². The summed E-state index contributed by atoms with van der Waals surface area (Å²) < 4.78 is 5.75. The Balaban J connectivity index is 1.43. The van der Waals surface area contributed by atoms with Gasteiger partial charge >= 0.3 is 5.97 Å². The molecule has 0 spiro atoms. The Bertz CT molecular complexity index is 1520. The minimum Gasteiger partial charge on any atom is -0.457 e. The first-order chi connectivity index (χ1) is 17.4. The molecule has 180 valence electrons. The molecule has 1 aliphatic heterocycles. The summed E-state index contributed by atoms with van der Waals surface area (Å²) in [5.41, 5.74) is 5.80. The number of nitrogens with zero attached hydrogens (tertiary/aromatic N) is 3. The molecule has 0 saturated heterocycles. The number of hydrogen-bond acceptors (Lipinski definition) is 8. The van der Waals surface area contributed by atoms with Crippen molar-refractivity contribution < 1.29 is 14.3 Å². The van der Waals surface area contributed by atoms with Crippen LogP contribution in [-0.4, -0.2) is 26.7 Å². The van der Waals surface area contributed by atoms with Crippen LogP contribution in [0.3, 0.4) is 0 Å². The van der Waals surface area contributed by atoms with Gasteiger partial charge in [-0.1, -0.05) is 12.1 Å². The first-order valence-corrected chi connectivity index (χ1v) is 12.4. The van der Waals surface area contributed by atoms with Crippen molar-refractivity contribution in [1.29, 1.82) is 0 Å². The number of thiophene rings is 1. The maximum Gasteiger partial charge on any atom is 0.337 e. The number of carbonyl (C=O) groups excluding carboxylic acids is 2. The average molecular weight is 497 g/mol. The molecule has 0 radical (unpaired) electrons. The standard InChI is InChI=1S/C28H24N4O3S/c1-16-24(18(3)33)26(22-15-36-27-21(22)5-4-10-30-27)25(17(2)32-16)28(34)35-14-19-6-7-23(31-13-19)20-8-11-29-12-9-20/h4-13,15,26,32H,14H2,1-3H3. The van der Waals surface area contributed by atoms with Crippen molar-refractivity contribution in [2.75, 3.05) is 0 Å². The van der Waals surface area contributed by atoms with Crippen LogP contribution < -0.4 is 5.32 Å². The Hall–Kier alpha value is -4.17. The zero-order valence-corrected chi connectivity index (χ0v) is 20.9. The Labute approximate surface area is 212 Å². The molecular formula is C28H24N4O3S. The highest BCUT2D eigenvalue weighted by Crippen LogP contribution is 2.43. The predicted molar refractivity (Wildman–Crippen MR) is 139 cm³/mol. The topological polar surface area (TPSA) is 94.1 Å². The second-order valence-corrected chi connectivity index (χ2v) is 9.46. The second kappa shape index (κ2) is 9.83. The summed E-state index contributed by atoms with van der Waals surface area (Å²) >= 11 is 1.49. The van der Waals surface area contributed by atoms with Crippen LogP contribution in [0.25, 0.3) is 21.5 Å². The normalized spacial score (nSPS) is 15.7. The zero-order chi connectivity index (χ0) is 25.2. The Kier molecular flexibility index (Phi) is 6.43. The van der Waals surface area contributed by atoms with Gasteiger partial charge in [-0.15, -0.1) is 11.3 Å². The lowest BCUT2D eigenvalue weighted by Gasteiger charge is -2.30. The maximum absolute atomic E-state index is 13.5. The Morgan fingerprint density at radius 2 is 1.78 bits per heavy atom. The lowest BCUT2D eigenvalue weighted by atomic mass is 9.79. The molecule has 1 unspecified atom stereocenters. The highest BCUT2D eigenvalue weighted by atomic mass is 32.1. The second-order valence-electron chi connectivity index (χ2n) is 8.60. The van der Waals surface area contributed by atoms with Gasteiger partial charge in [0.1, 0.15) is 11.4 Å². The minimum absolute atomic E-state index is 0.0655. The van der Waals surface area contributed by atoms with Crippen LogP contribution in [0.1, 0.15) is 37.8 Å². The first-order valence-electron chi connectivity index (χ1n) is 11.5. The number of rotatable bonds is 6. The van der Waals surface area contributed by atoms with E-state index in [1.165, 1.54) is 18.3 Å². The van der Waals surface area contributed by atoms with Crippen LogP contribution in [0.4, 0.5) is 0 Å². The van der Waals surface area contributed by atoms with Crippen molar-refractivity contribution in [2.24, 2.45) is 0 Å². The quantitative estimate of drug-likeness (QED) is 0.361. The number of aromatic nitrogens is 3. The monoisotopic (exact) mass is 496 g/mol. The molecule has 1 N–H and O–H groups in total. The van der Waals surface area contributed by atoms with Gasteiger partial charge in [-0.25, -0.2) is 9.78 Å². The van der Waals surface area contributed by atoms with E-state index in [0.29, 0.717) is 16.8 Å². The molecule has 1 aliphatic rings. The van der Waals surface area contributed by atoms with E-state index in [2.05, 4.69) is 20.3 Å². The number of ketones is 1. The number of esters is 1. The number of Topliss-reactive ketones (excluding diaryl/α,β-unsaturated/α-hetero) is 1. The molecule has 4 aromatic heterocycles. The number of hydrogen-bond donors (Lipinski definition) is 1. The van der Waals surface area contributed by atoms with Crippen LogP contribution in [0.5, 0.6) is 0 Å². The Morgan fingerprint density at radius 1 is 1.00 bits per heavy atom. The van der Waals surface area contributed by atoms with Crippen molar-refractivity contribution in [3.8, 4) is 11.3 Å². The van der Waals surface area contributed by atoms with Gasteiger partial charge in [0.25, 0.3) is 0 Å². The third kappa shape index (κ3) is 4.43. The number of ether oxygens (including phenoxy) is 1. The molecule has 5 heterocycles. The predicted octanol–water partition coefficient (Wildman–Crippen LogP) is 5.32. The highest BCUT2D eigenvalue weighted by molar-refractivity contribution is 7.16. The van der Waals surface area contributed by atoms with Gasteiger partial charge in [0.2, 0.25) is 0 Å². The fourth-order valence-corrected chi connectivity index (χ4v) is 5.52. The molecule has 0 aromatic carbocycles. The molecule has 0 saturated carbocycles. The first kappa shape index (κ1) is 23.6. The molecule has 0 amide bonds. The molecule has 0 aliphatic carbocycles. The van der Waals surface area contributed by atoms with E-state index >= 15 is 0 Å². The summed E-state index contributed by atoms with van der Waals surface area (Å²) in [6.07, 6.45) is 6.87. The number of carbonyl (C=O) groups is 2. The molecule has 5 rings (SSSR count). The fraction of sp³-hybridized carbons (Fsp3) is 0.179. The van der Waals surface area contributed by atoms with Crippen LogP contribution in [0, 0.1) is 0 Å². The summed E-state index contributed by atoms with van der Waals surface area (Å²) in [6, 6.07) is 11.4. The number of allylic oxidation sites excluding steroid dienone is 3. The molecule has 4 aromatic rings. The lowest BCUT2D eigenvalue weighted by molar-refractivity contribution is -0.140. The van der Waals surface area contributed by atoms with Crippen LogP contribution in [0.2, 0.25) is 0 Å². The summed E-state index contributed by atoms with van der Waals surface area (Å²) in [4.78, 5) is 40.1. The number of fused-ring (bicyclic) bond motifs is 1. The number of nitrogens with one attached hydrogen (secondary N) is 1. The number of dihydropyridines is 1. The van der Waals surface area contributed by atoms with Crippen molar-refractivity contribution in [3.05, 3.63) is 100 Å². The smallest absolute Gasteiger partial charge is 0.337 e. The summed E-state index contributed by atoms with van der Waals surface area (Å²) in [7, 11) is 0. The largest absolute Gasteiger partial charge is 0.457 e.